The second-order valence-electron chi connectivity index (χ2n) is 7.79. The molecule has 0 spiro atoms. The van der Waals surface area contributed by atoms with Crippen molar-refractivity contribution >= 4 is 12.1 Å². The van der Waals surface area contributed by atoms with E-state index >= 15 is 0 Å². The molecule has 0 aliphatic heterocycles. The summed E-state index contributed by atoms with van der Waals surface area (Å²) in [5, 5.41) is 10.1. The van der Waals surface area contributed by atoms with Crippen molar-refractivity contribution in [3.05, 3.63) is 125 Å². The maximum atomic E-state index is 13.0. The number of para-hydroxylation sites is 1. The van der Waals surface area contributed by atoms with Gasteiger partial charge in [0.25, 0.3) is 0 Å². The Morgan fingerprint density at radius 3 is 1.97 bits per heavy atom. The summed E-state index contributed by atoms with van der Waals surface area (Å²) in [5.41, 5.74) is 3.00. The summed E-state index contributed by atoms with van der Waals surface area (Å²) in [6.45, 7) is 0.540. The third-order valence-electron chi connectivity index (χ3n) is 5.31. The quantitative estimate of drug-likeness (QED) is 0.244. The van der Waals surface area contributed by atoms with Crippen LogP contribution >= 0.6 is 0 Å². The summed E-state index contributed by atoms with van der Waals surface area (Å²) in [4.78, 5) is 24.7. The highest BCUT2D eigenvalue weighted by Gasteiger charge is 2.19. The molecule has 0 bridgehead atoms. The lowest BCUT2D eigenvalue weighted by atomic mass is 9.99. The van der Waals surface area contributed by atoms with Crippen molar-refractivity contribution in [2.24, 2.45) is 0 Å². The molecule has 0 fully saturated rings. The summed E-state index contributed by atoms with van der Waals surface area (Å²) in [5.74, 6) is 0.393. The number of phenols is 1. The fourth-order valence-electron chi connectivity index (χ4n) is 3.60. The van der Waals surface area contributed by atoms with Crippen LogP contribution in [-0.2, 0) is 19.6 Å². The smallest absolute Gasteiger partial charge is 0.171 e. The predicted molar refractivity (Wildman–Crippen MR) is 130 cm³/mol. The van der Waals surface area contributed by atoms with Gasteiger partial charge in [-0.1, -0.05) is 72.8 Å². The molecule has 0 aliphatic carbocycles. The standard InChI is InChI=1S/C29H24O5/c30-18-23-15-24(17-27(32)25-13-7-8-14-26(25)31)29(34-20-22-11-5-2-6-12-22)28(16-23)33-19-21-9-3-1-4-10-21/h1-16,18,31H,17,19-20H2. The normalized spacial score (nSPS) is 10.5. The van der Waals surface area contributed by atoms with E-state index in [1.165, 1.54) is 6.07 Å². The van der Waals surface area contributed by atoms with Crippen LogP contribution in [0, 0.1) is 0 Å². The lowest BCUT2D eigenvalue weighted by molar-refractivity contribution is 0.0988. The molecule has 34 heavy (non-hydrogen) atoms. The summed E-state index contributed by atoms with van der Waals surface area (Å²) in [6, 6.07) is 28.9. The lowest BCUT2D eigenvalue weighted by Crippen LogP contribution is -2.09. The minimum atomic E-state index is -0.292. The highest BCUT2D eigenvalue weighted by molar-refractivity contribution is 6.00. The van der Waals surface area contributed by atoms with E-state index in [-0.39, 0.29) is 36.7 Å². The number of rotatable bonds is 10. The van der Waals surface area contributed by atoms with Crippen LogP contribution in [0.1, 0.15) is 37.4 Å². The molecule has 0 saturated carbocycles. The molecule has 0 aromatic heterocycles. The van der Waals surface area contributed by atoms with E-state index in [2.05, 4.69) is 0 Å². The van der Waals surface area contributed by atoms with Gasteiger partial charge in [-0.3, -0.25) is 9.59 Å². The summed E-state index contributed by atoms with van der Waals surface area (Å²) in [6.07, 6.45) is 0.648. The van der Waals surface area contributed by atoms with Gasteiger partial charge >= 0.3 is 0 Å². The first-order valence-corrected chi connectivity index (χ1v) is 10.9. The van der Waals surface area contributed by atoms with Crippen molar-refractivity contribution in [3.8, 4) is 17.2 Å². The minimum absolute atomic E-state index is 0.0644. The summed E-state index contributed by atoms with van der Waals surface area (Å²) < 4.78 is 12.2. The monoisotopic (exact) mass is 452 g/mol. The van der Waals surface area contributed by atoms with Gasteiger partial charge in [-0.25, -0.2) is 0 Å². The molecule has 0 saturated heterocycles. The first-order valence-electron chi connectivity index (χ1n) is 10.9. The molecule has 0 atom stereocenters. The van der Waals surface area contributed by atoms with Crippen LogP contribution in [0.25, 0.3) is 0 Å². The molecule has 170 valence electrons. The number of carbonyl (C=O) groups is 2. The van der Waals surface area contributed by atoms with Crippen LogP contribution < -0.4 is 9.47 Å². The van der Waals surface area contributed by atoms with Crippen LogP contribution in [0.15, 0.2) is 97.1 Å². The Bertz CT molecular complexity index is 1270. The van der Waals surface area contributed by atoms with E-state index in [9.17, 15) is 14.7 Å². The maximum absolute atomic E-state index is 13.0. The van der Waals surface area contributed by atoms with Gasteiger partial charge in [0.15, 0.2) is 17.3 Å². The number of ketones is 1. The SMILES string of the molecule is O=Cc1cc(CC(=O)c2ccccc2O)c(OCc2ccccc2)c(OCc2ccccc2)c1. The molecule has 0 aliphatic rings. The number of aromatic hydroxyl groups is 1. The van der Waals surface area contributed by atoms with Crippen LogP contribution in [0.3, 0.4) is 0 Å². The third kappa shape index (κ3) is 5.70. The molecule has 0 radical (unpaired) electrons. The Labute approximate surface area is 198 Å². The van der Waals surface area contributed by atoms with Crippen molar-refractivity contribution in [1.82, 2.24) is 0 Å². The first-order chi connectivity index (χ1) is 16.6. The van der Waals surface area contributed by atoms with Gasteiger partial charge in [0, 0.05) is 17.5 Å². The van der Waals surface area contributed by atoms with Gasteiger partial charge in [0.05, 0.1) is 5.56 Å². The number of hydrogen-bond acceptors (Lipinski definition) is 5. The zero-order valence-corrected chi connectivity index (χ0v) is 18.5. The van der Waals surface area contributed by atoms with Crippen LogP contribution in [0.5, 0.6) is 17.2 Å². The number of aldehydes is 1. The van der Waals surface area contributed by atoms with Gasteiger partial charge in [-0.15, -0.1) is 0 Å². The van der Waals surface area contributed by atoms with Crippen LogP contribution in [0.2, 0.25) is 0 Å². The fourth-order valence-corrected chi connectivity index (χ4v) is 3.60. The largest absolute Gasteiger partial charge is 0.507 e. The molecular formula is C29H24O5. The van der Waals surface area contributed by atoms with Crippen molar-refractivity contribution in [1.29, 1.82) is 0 Å². The Morgan fingerprint density at radius 1 is 0.765 bits per heavy atom. The van der Waals surface area contributed by atoms with E-state index in [0.29, 0.717) is 28.9 Å². The van der Waals surface area contributed by atoms with Gasteiger partial charge in [-0.05, 0) is 35.4 Å². The highest BCUT2D eigenvalue weighted by atomic mass is 16.5. The maximum Gasteiger partial charge on any atom is 0.171 e. The first kappa shape index (κ1) is 22.8. The van der Waals surface area contributed by atoms with Gasteiger partial charge in [-0.2, -0.15) is 0 Å². The Balaban J connectivity index is 1.68. The number of phenolic OH excluding ortho intramolecular Hbond substituents is 1. The zero-order valence-electron chi connectivity index (χ0n) is 18.5. The van der Waals surface area contributed by atoms with Gasteiger partial charge < -0.3 is 14.6 Å². The Hall–Kier alpha value is -4.38. The summed E-state index contributed by atoms with van der Waals surface area (Å²) in [7, 11) is 0. The third-order valence-corrected chi connectivity index (χ3v) is 5.31. The average molecular weight is 453 g/mol. The van der Waals surface area contributed by atoms with E-state index in [1.807, 2.05) is 60.7 Å². The molecule has 5 nitrogen and oxygen atoms in total. The van der Waals surface area contributed by atoms with Gasteiger partial charge in [0.2, 0.25) is 0 Å². The van der Waals surface area contributed by atoms with Crippen LogP contribution in [0.4, 0.5) is 0 Å². The fraction of sp³-hybridized carbons (Fsp3) is 0.103. The van der Waals surface area contributed by atoms with Crippen molar-refractivity contribution < 1.29 is 24.2 Å². The highest BCUT2D eigenvalue weighted by Crippen LogP contribution is 2.35. The van der Waals surface area contributed by atoms with E-state index in [4.69, 9.17) is 9.47 Å². The molecule has 4 rings (SSSR count). The van der Waals surface area contributed by atoms with Crippen LogP contribution in [-0.4, -0.2) is 17.2 Å². The predicted octanol–water partition coefficient (Wildman–Crippen LogP) is 5.79. The van der Waals surface area contributed by atoms with Crippen molar-refractivity contribution in [3.63, 3.8) is 0 Å². The molecule has 1 N–H and O–H groups in total. The number of benzene rings is 4. The van der Waals surface area contributed by atoms with E-state index < -0.39 is 0 Å². The molecule has 4 aromatic rings. The number of ether oxygens (including phenoxy) is 2. The lowest BCUT2D eigenvalue weighted by Gasteiger charge is -2.18. The second-order valence-corrected chi connectivity index (χ2v) is 7.79. The number of carbonyl (C=O) groups excluding carboxylic acids is 2. The number of hydrogen-bond donors (Lipinski definition) is 1. The molecule has 0 amide bonds. The van der Waals surface area contributed by atoms with Crippen molar-refractivity contribution in [2.75, 3.05) is 0 Å². The molecular weight excluding hydrogens is 428 g/mol. The Morgan fingerprint density at radius 2 is 1.35 bits per heavy atom. The topological polar surface area (TPSA) is 72.8 Å². The van der Waals surface area contributed by atoms with Crippen molar-refractivity contribution in [2.45, 2.75) is 19.6 Å². The van der Waals surface area contributed by atoms with E-state index in [0.717, 1.165) is 11.1 Å². The van der Waals surface area contributed by atoms with Gasteiger partial charge in [0.1, 0.15) is 25.2 Å². The minimum Gasteiger partial charge on any atom is -0.507 e. The second kappa shape index (κ2) is 11.0. The molecule has 4 aromatic carbocycles. The molecule has 5 heteroatoms. The summed E-state index contributed by atoms with van der Waals surface area (Å²) >= 11 is 0. The number of Topliss-reactive ketones (excluding diaryl/α,β-unsaturated/α-hetero) is 1. The Kier molecular flexibility index (Phi) is 7.35. The molecule has 0 heterocycles. The van der Waals surface area contributed by atoms with E-state index in [1.54, 1.807) is 30.3 Å². The average Bonchev–Trinajstić information content (AvgIpc) is 2.88. The zero-order chi connectivity index (χ0) is 23.8. The molecule has 0 unspecified atom stereocenters.